The zero-order valence-electron chi connectivity index (χ0n) is 13.6. The van der Waals surface area contributed by atoms with Crippen molar-refractivity contribution in [3.05, 3.63) is 24.3 Å². The van der Waals surface area contributed by atoms with Gasteiger partial charge in [-0.05, 0) is 30.5 Å². The van der Waals surface area contributed by atoms with E-state index in [1.807, 2.05) is 6.07 Å². The lowest BCUT2D eigenvalue weighted by Crippen LogP contribution is -2.36. The summed E-state index contributed by atoms with van der Waals surface area (Å²) in [5.74, 6) is 0. The van der Waals surface area contributed by atoms with Crippen LogP contribution < -0.4 is 11.1 Å². The number of para-hydroxylation sites is 1. The molecule has 0 fully saturated rings. The quantitative estimate of drug-likeness (QED) is 0.843. The van der Waals surface area contributed by atoms with Crippen LogP contribution in [0.4, 0.5) is 5.69 Å². The molecule has 1 aromatic carbocycles. The van der Waals surface area contributed by atoms with Crippen molar-refractivity contribution in [1.29, 1.82) is 0 Å². The summed E-state index contributed by atoms with van der Waals surface area (Å²) < 4.78 is 26.0. The van der Waals surface area contributed by atoms with Gasteiger partial charge in [-0.1, -0.05) is 32.9 Å². The molecule has 0 saturated heterocycles. The highest BCUT2D eigenvalue weighted by Gasteiger charge is 2.27. The fourth-order valence-electron chi connectivity index (χ4n) is 2.08. The van der Waals surface area contributed by atoms with Gasteiger partial charge >= 0.3 is 0 Å². The Hall–Kier alpha value is -1.11. The molecule has 1 aromatic rings. The molecule has 6 heteroatoms. The van der Waals surface area contributed by atoms with Crippen molar-refractivity contribution >= 4 is 15.7 Å². The highest BCUT2D eigenvalue weighted by atomic mass is 32.2. The summed E-state index contributed by atoms with van der Waals surface area (Å²) in [6.45, 7) is 6.90. The van der Waals surface area contributed by atoms with Crippen molar-refractivity contribution in [3.63, 3.8) is 0 Å². The van der Waals surface area contributed by atoms with Crippen LogP contribution in [0.1, 0.15) is 27.2 Å². The van der Waals surface area contributed by atoms with Gasteiger partial charge in [0, 0.05) is 20.1 Å². The smallest absolute Gasteiger partial charge is 0.244 e. The molecule has 0 aliphatic carbocycles. The summed E-state index contributed by atoms with van der Waals surface area (Å²) in [4.78, 5) is 0.293. The monoisotopic (exact) mass is 313 g/mol. The van der Waals surface area contributed by atoms with Gasteiger partial charge in [0.15, 0.2) is 0 Å². The van der Waals surface area contributed by atoms with E-state index in [0.29, 0.717) is 17.1 Å². The SMILES string of the molecule is CN(C)S(=O)(=O)c1ccccc1NC(CCN)C(C)(C)C. The van der Waals surface area contributed by atoms with Gasteiger partial charge in [-0.25, -0.2) is 12.7 Å². The molecule has 0 bridgehead atoms. The average Bonchev–Trinajstić information content (AvgIpc) is 2.37. The van der Waals surface area contributed by atoms with E-state index < -0.39 is 10.0 Å². The van der Waals surface area contributed by atoms with Gasteiger partial charge in [0.1, 0.15) is 4.90 Å². The third-order valence-corrected chi connectivity index (χ3v) is 5.35. The number of hydrogen-bond donors (Lipinski definition) is 2. The van der Waals surface area contributed by atoms with E-state index in [2.05, 4.69) is 26.1 Å². The Balaban J connectivity index is 3.21. The zero-order valence-corrected chi connectivity index (χ0v) is 14.4. The van der Waals surface area contributed by atoms with Crippen LogP contribution in [0.2, 0.25) is 0 Å². The van der Waals surface area contributed by atoms with Crippen molar-refractivity contribution in [2.45, 2.75) is 38.1 Å². The Morgan fingerprint density at radius 2 is 1.81 bits per heavy atom. The second-order valence-electron chi connectivity index (χ2n) is 6.42. The van der Waals surface area contributed by atoms with E-state index in [4.69, 9.17) is 5.73 Å². The number of nitrogens with one attached hydrogen (secondary N) is 1. The maximum absolute atomic E-state index is 12.4. The zero-order chi connectivity index (χ0) is 16.3. The first-order chi connectivity index (χ1) is 9.60. The molecule has 0 saturated carbocycles. The molecule has 0 radical (unpaired) electrons. The Morgan fingerprint density at radius 3 is 2.29 bits per heavy atom. The first-order valence-electron chi connectivity index (χ1n) is 7.09. The molecule has 21 heavy (non-hydrogen) atoms. The van der Waals surface area contributed by atoms with E-state index in [9.17, 15) is 8.42 Å². The second kappa shape index (κ2) is 6.77. The summed E-state index contributed by atoms with van der Waals surface area (Å²) in [6.07, 6.45) is 0.778. The third-order valence-electron chi connectivity index (χ3n) is 3.48. The number of hydrogen-bond acceptors (Lipinski definition) is 4. The maximum atomic E-state index is 12.4. The number of nitrogens with two attached hydrogens (primary N) is 1. The van der Waals surface area contributed by atoms with Crippen LogP contribution in [0.15, 0.2) is 29.2 Å². The standard InChI is InChI=1S/C15H27N3O2S/c1-15(2,3)14(10-11-16)17-12-8-6-7-9-13(12)21(19,20)18(4)5/h6-9,14,17H,10-11,16H2,1-5H3. The van der Waals surface area contributed by atoms with Gasteiger partial charge in [0.2, 0.25) is 10.0 Å². The van der Waals surface area contributed by atoms with E-state index >= 15 is 0 Å². The van der Waals surface area contributed by atoms with Crippen LogP contribution in [0.5, 0.6) is 0 Å². The fourth-order valence-corrected chi connectivity index (χ4v) is 3.13. The second-order valence-corrected chi connectivity index (χ2v) is 8.54. The Labute approximate surface area is 128 Å². The number of sulfonamides is 1. The predicted molar refractivity (Wildman–Crippen MR) is 87.9 cm³/mol. The van der Waals surface area contributed by atoms with Gasteiger partial charge in [0.05, 0.1) is 5.69 Å². The van der Waals surface area contributed by atoms with Crippen molar-refractivity contribution in [2.24, 2.45) is 11.1 Å². The Kier molecular flexibility index (Phi) is 5.78. The normalized spacial score (nSPS) is 14.2. The number of anilines is 1. The van der Waals surface area contributed by atoms with Crippen molar-refractivity contribution in [2.75, 3.05) is 26.0 Å². The summed E-state index contributed by atoms with van der Waals surface area (Å²) in [7, 11) is -0.404. The Morgan fingerprint density at radius 1 is 1.24 bits per heavy atom. The van der Waals surface area contributed by atoms with E-state index in [-0.39, 0.29) is 11.5 Å². The van der Waals surface area contributed by atoms with Gasteiger partial charge in [-0.15, -0.1) is 0 Å². The van der Waals surface area contributed by atoms with Crippen molar-refractivity contribution in [1.82, 2.24) is 4.31 Å². The van der Waals surface area contributed by atoms with Crippen molar-refractivity contribution < 1.29 is 8.42 Å². The van der Waals surface area contributed by atoms with E-state index in [1.165, 1.54) is 18.4 Å². The van der Waals surface area contributed by atoms with Crippen LogP contribution in [0.25, 0.3) is 0 Å². The van der Waals surface area contributed by atoms with E-state index in [0.717, 1.165) is 6.42 Å². The Bertz CT molecular complexity index is 563. The minimum Gasteiger partial charge on any atom is -0.381 e. The average molecular weight is 313 g/mol. The summed E-state index contributed by atoms with van der Waals surface area (Å²) in [5.41, 5.74) is 6.29. The van der Waals surface area contributed by atoms with Gasteiger partial charge < -0.3 is 11.1 Å². The minimum atomic E-state index is -3.47. The topological polar surface area (TPSA) is 75.4 Å². The van der Waals surface area contributed by atoms with Crippen LogP contribution >= 0.6 is 0 Å². The molecule has 1 rings (SSSR count). The summed E-state index contributed by atoms with van der Waals surface area (Å²) in [5, 5.41) is 3.36. The maximum Gasteiger partial charge on any atom is 0.244 e. The molecule has 0 heterocycles. The lowest BCUT2D eigenvalue weighted by Gasteiger charge is -2.33. The van der Waals surface area contributed by atoms with Gasteiger partial charge in [-0.2, -0.15) is 0 Å². The van der Waals surface area contributed by atoms with Crippen LogP contribution in [0.3, 0.4) is 0 Å². The summed E-state index contributed by atoms with van der Waals surface area (Å²) in [6, 6.07) is 7.09. The van der Waals surface area contributed by atoms with Gasteiger partial charge in [-0.3, -0.25) is 0 Å². The minimum absolute atomic E-state index is 0.0195. The van der Waals surface area contributed by atoms with E-state index in [1.54, 1.807) is 18.2 Å². The molecule has 0 spiro atoms. The fraction of sp³-hybridized carbons (Fsp3) is 0.600. The first-order valence-corrected chi connectivity index (χ1v) is 8.53. The molecule has 0 aliphatic heterocycles. The van der Waals surface area contributed by atoms with Crippen LogP contribution in [-0.4, -0.2) is 39.4 Å². The highest BCUT2D eigenvalue weighted by Crippen LogP contribution is 2.29. The molecular formula is C15H27N3O2S. The lowest BCUT2D eigenvalue weighted by molar-refractivity contribution is 0.328. The molecule has 5 nitrogen and oxygen atoms in total. The first kappa shape index (κ1) is 17.9. The summed E-state index contributed by atoms with van der Waals surface area (Å²) >= 11 is 0. The number of benzene rings is 1. The predicted octanol–water partition coefficient (Wildman–Crippen LogP) is 2.11. The largest absolute Gasteiger partial charge is 0.381 e. The molecule has 0 amide bonds. The van der Waals surface area contributed by atoms with Crippen molar-refractivity contribution in [3.8, 4) is 0 Å². The van der Waals surface area contributed by atoms with Gasteiger partial charge in [0.25, 0.3) is 0 Å². The van der Waals surface area contributed by atoms with Crippen LogP contribution in [-0.2, 0) is 10.0 Å². The van der Waals surface area contributed by atoms with Crippen LogP contribution in [0, 0.1) is 5.41 Å². The molecular weight excluding hydrogens is 286 g/mol. The molecule has 1 unspecified atom stereocenters. The molecule has 3 N–H and O–H groups in total. The third kappa shape index (κ3) is 4.43. The lowest BCUT2D eigenvalue weighted by atomic mass is 9.84. The highest BCUT2D eigenvalue weighted by molar-refractivity contribution is 7.89. The molecule has 120 valence electrons. The molecule has 1 atom stereocenters. The molecule has 0 aromatic heterocycles. The number of rotatable bonds is 6. The number of nitrogens with zero attached hydrogens (tertiary/aromatic N) is 1. The molecule has 0 aliphatic rings.